The fraction of sp³-hybridized carbons (Fsp3) is 0.571. The van der Waals surface area contributed by atoms with Crippen LogP contribution in [0.15, 0.2) is 23.0 Å². The second-order valence-electron chi connectivity index (χ2n) is 5.29. The van der Waals surface area contributed by atoms with Crippen LogP contribution in [0, 0.1) is 5.92 Å². The second-order valence-corrected chi connectivity index (χ2v) is 5.29. The molecule has 0 bridgehead atoms. The lowest BCUT2D eigenvalue weighted by atomic mass is 9.95. The van der Waals surface area contributed by atoms with Gasteiger partial charge in [-0.15, -0.1) is 12.4 Å². The van der Waals surface area contributed by atoms with E-state index in [1.54, 1.807) is 13.0 Å². The van der Waals surface area contributed by atoms with E-state index in [4.69, 9.17) is 4.42 Å². The fourth-order valence-electron chi connectivity index (χ4n) is 2.28. The third kappa shape index (κ3) is 4.75. The molecule has 0 aromatic carbocycles. The summed E-state index contributed by atoms with van der Waals surface area (Å²) in [5, 5.41) is 8.95. The topological polar surface area (TPSA) is 83.4 Å². The van der Waals surface area contributed by atoms with Crippen molar-refractivity contribution < 1.29 is 14.0 Å². The minimum absolute atomic E-state index is 0. The number of carbonyl (C=O) groups excluding carboxylic acids is 2. The van der Waals surface area contributed by atoms with Crippen molar-refractivity contribution in [1.82, 2.24) is 16.0 Å². The molecule has 0 spiro atoms. The van der Waals surface area contributed by atoms with E-state index in [0.29, 0.717) is 11.5 Å². The van der Waals surface area contributed by atoms with E-state index in [1.807, 2.05) is 0 Å². The number of amides is 2. The van der Waals surface area contributed by atoms with Crippen molar-refractivity contribution in [3.8, 4) is 0 Å². The lowest BCUT2D eigenvalue weighted by Crippen LogP contribution is -2.53. The van der Waals surface area contributed by atoms with Crippen LogP contribution in [0.25, 0.3) is 0 Å². The molecule has 1 fully saturated rings. The summed E-state index contributed by atoms with van der Waals surface area (Å²) in [7, 11) is 0. The predicted molar refractivity (Wildman–Crippen MR) is 81.5 cm³/mol. The van der Waals surface area contributed by atoms with E-state index in [2.05, 4.69) is 22.9 Å². The van der Waals surface area contributed by atoms with Crippen molar-refractivity contribution in [3.05, 3.63) is 24.2 Å². The normalized spacial score (nSPS) is 22.8. The molecule has 2 heterocycles. The molecular formula is C14H22ClN3O3. The molecular weight excluding hydrogens is 294 g/mol. The zero-order valence-electron chi connectivity index (χ0n) is 12.2. The molecule has 3 unspecified atom stereocenters. The van der Waals surface area contributed by atoms with Crippen LogP contribution < -0.4 is 16.0 Å². The highest BCUT2D eigenvalue weighted by atomic mass is 35.5. The molecule has 0 radical (unpaired) electrons. The lowest BCUT2D eigenvalue weighted by molar-refractivity contribution is -0.123. The van der Waals surface area contributed by atoms with E-state index in [0.717, 1.165) is 19.5 Å². The molecule has 1 saturated heterocycles. The number of carbonyl (C=O) groups is 2. The Morgan fingerprint density at radius 2 is 2.24 bits per heavy atom. The quantitative estimate of drug-likeness (QED) is 0.772. The van der Waals surface area contributed by atoms with Gasteiger partial charge in [0, 0.05) is 6.04 Å². The Hall–Kier alpha value is -1.53. The van der Waals surface area contributed by atoms with E-state index in [1.165, 1.54) is 12.5 Å². The molecule has 7 heteroatoms. The average molecular weight is 316 g/mol. The number of nitrogens with one attached hydrogen (secondary N) is 3. The average Bonchev–Trinajstić information content (AvgIpc) is 2.95. The van der Waals surface area contributed by atoms with Crippen molar-refractivity contribution in [2.45, 2.75) is 32.4 Å². The summed E-state index contributed by atoms with van der Waals surface area (Å²) in [5.41, 5.74) is 0.417. The largest absolute Gasteiger partial charge is 0.472 e. The van der Waals surface area contributed by atoms with Crippen LogP contribution in [0.3, 0.4) is 0 Å². The summed E-state index contributed by atoms with van der Waals surface area (Å²) in [5.74, 6) is -0.0650. The van der Waals surface area contributed by atoms with Gasteiger partial charge in [-0.3, -0.25) is 9.59 Å². The predicted octanol–water partition coefficient (Wildman–Crippen LogP) is 0.934. The summed E-state index contributed by atoms with van der Waals surface area (Å²) in [6.45, 7) is 5.59. The Kier molecular flexibility index (Phi) is 6.71. The number of halogens is 1. The van der Waals surface area contributed by atoms with E-state index in [-0.39, 0.29) is 30.3 Å². The number of furan rings is 1. The number of hydrogen-bond donors (Lipinski definition) is 3. The smallest absolute Gasteiger partial charge is 0.255 e. The molecule has 3 atom stereocenters. The van der Waals surface area contributed by atoms with Gasteiger partial charge >= 0.3 is 0 Å². The molecule has 6 nitrogen and oxygen atoms in total. The number of rotatable bonds is 4. The molecule has 2 amide bonds. The van der Waals surface area contributed by atoms with Crippen LogP contribution in [0.1, 0.15) is 30.6 Å². The maximum Gasteiger partial charge on any atom is 0.255 e. The maximum atomic E-state index is 12.1. The third-order valence-electron chi connectivity index (χ3n) is 3.64. The van der Waals surface area contributed by atoms with Crippen LogP contribution in [0.2, 0.25) is 0 Å². The molecule has 2 rings (SSSR count). The summed E-state index contributed by atoms with van der Waals surface area (Å²) < 4.78 is 4.84. The molecule has 0 aliphatic carbocycles. The van der Waals surface area contributed by atoms with Crippen molar-refractivity contribution >= 4 is 24.2 Å². The fourth-order valence-corrected chi connectivity index (χ4v) is 2.28. The van der Waals surface area contributed by atoms with Gasteiger partial charge in [-0.25, -0.2) is 0 Å². The van der Waals surface area contributed by atoms with Crippen molar-refractivity contribution in [2.24, 2.45) is 5.92 Å². The van der Waals surface area contributed by atoms with Crippen molar-refractivity contribution in [1.29, 1.82) is 0 Å². The highest BCUT2D eigenvalue weighted by molar-refractivity contribution is 5.97. The van der Waals surface area contributed by atoms with Crippen molar-refractivity contribution in [2.75, 3.05) is 13.1 Å². The first-order valence-electron chi connectivity index (χ1n) is 6.92. The third-order valence-corrected chi connectivity index (χ3v) is 3.64. The molecule has 0 saturated carbocycles. The van der Waals surface area contributed by atoms with Crippen molar-refractivity contribution in [3.63, 3.8) is 0 Å². The summed E-state index contributed by atoms with van der Waals surface area (Å²) in [4.78, 5) is 23.9. The van der Waals surface area contributed by atoms with Crippen LogP contribution >= 0.6 is 12.4 Å². The molecule has 1 aliphatic heterocycles. The number of hydrogen-bond acceptors (Lipinski definition) is 4. The second kappa shape index (κ2) is 8.05. The summed E-state index contributed by atoms with van der Waals surface area (Å²) in [6.07, 6.45) is 3.69. The molecule has 1 aromatic rings. The highest BCUT2D eigenvalue weighted by Crippen LogP contribution is 2.10. The van der Waals surface area contributed by atoms with Gasteiger partial charge in [0.2, 0.25) is 5.91 Å². The van der Waals surface area contributed by atoms with Gasteiger partial charge in [-0.05, 0) is 38.4 Å². The maximum absolute atomic E-state index is 12.1. The van der Waals surface area contributed by atoms with Gasteiger partial charge in [-0.2, -0.15) is 0 Å². The first kappa shape index (κ1) is 17.5. The van der Waals surface area contributed by atoms with E-state index in [9.17, 15) is 9.59 Å². The molecule has 3 N–H and O–H groups in total. The first-order valence-corrected chi connectivity index (χ1v) is 6.92. The minimum atomic E-state index is -0.570. The van der Waals surface area contributed by atoms with Gasteiger partial charge in [-0.1, -0.05) is 6.92 Å². The lowest BCUT2D eigenvalue weighted by Gasteiger charge is -2.31. The molecule has 118 valence electrons. The van der Waals surface area contributed by atoms with Gasteiger partial charge < -0.3 is 20.4 Å². The minimum Gasteiger partial charge on any atom is -0.472 e. The highest BCUT2D eigenvalue weighted by Gasteiger charge is 2.25. The number of piperidine rings is 1. The molecule has 1 aromatic heterocycles. The SMILES string of the molecule is CC(NC(=O)c1ccoc1)C(=O)NC1CCNCC1C.Cl. The monoisotopic (exact) mass is 315 g/mol. The van der Waals surface area contributed by atoms with E-state index >= 15 is 0 Å². The Labute approximate surface area is 130 Å². The zero-order valence-corrected chi connectivity index (χ0v) is 13.0. The van der Waals surface area contributed by atoms with Crippen LogP contribution in [-0.2, 0) is 4.79 Å². The zero-order chi connectivity index (χ0) is 14.5. The van der Waals surface area contributed by atoms with E-state index < -0.39 is 6.04 Å². The van der Waals surface area contributed by atoms with Gasteiger partial charge in [0.1, 0.15) is 12.3 Å². The van der Waals surface area contributed by atoms with Gasteiger partial charge in [0.15, 0.2) is 0 Å². The Morgan fingerprint density at radius 3 is 2.86 bits per heavy atom. The summed E-state index contributed by atoms with van der Waals surface area (Å²) >= 11 is 0. The Balaban J connectivity index is 0.00000220. The molecule has 21 heavy (non-hydrogen) atoms. The van der Waals surface area contributed by atoms with Gasteiger partial charge in [0.05, 0.1) is 11.8 Å². The first-order chi connectivity index (χ1) is 9.58. The van der Waals surface area contributed by atoms with Gasteiger partial charge in [0.25, 0.3) is 5.91 Å². The molecule has 1 aliphatic rings. The van der Waals surface area contributed by atoms with Crippen LogP contribution in [0.5, 0.6) is 0 Å². The summed E-state index contributed by atoms with van der Waals surface area (Å²) in [6, 6.07) is 1.16. The van der Waals surface area contributed by atoms with Crippen LogP contribution in [-0.4, -0.2) is 37.0 Å². The Bertz CT molecular complexity index is 464. The Morgan fingerprint density at radius 1 is 1.48 bits per heavy atom. The van der Waals surface area contributed by atoms with Crippen LogP contribution in [0.4, 0.5) is 0 Å². The standard InChI is InChI=1S/C14H21N3O3.ClH/c1-9-7-15-5-3-12(9)17-13(18)10(2)16-14(19)11-4-6-20-8-11;/h4,6,8-10,12,15H,3,5,7H2,1-2H3,(H,16,19)(H,17,18);1H.